The summed E-state index contributed by atoms with van der Waals surface area (Å²) in [5.74, 6) is -0.541. The highest BCUT2D eigenvalue weighted by atomic mass is 35.5. The lowest BCUT2D eigenvalue weighted by molar-refractivity contribution is 0.0995. The van der Waals surface area contributed by atoms with Crippen LogP contribution in [0.4, 0.5) is 5.69 Å². The van der Waals surface area contributed by atoms with Gasteiger partial charge in [-0.05, 0) is 62.6 Å². The average Bonchev–Trinajstić information content (AvgIpc) is 3.02. The fourth-order valence-corrected chi connectivity index (χ4v) is 3.69. The third-order valence-electron chi connectivity index (χ3n) is 5.59. The van der Waals surface area contributed by atoms with E-state index in [0.29, 0.717) is 12.2 Å². The Bertz CT molecular complexity index is 1260. The average molecular weight is 436 g/mol. The number of hydrogen-bond acceptors (Lipinski definition) is 4. The summed E-state index contributed by atoms with van der Waals surface area (Å²) in [6, 6.07) is 13.6. The number of carbonyl (C=O) groups excluding carboxylic acids is 1. The van der Waals surface area contributed by atoms with Gasteiger partial charge in [-0.1, -0.05) is 24.3 Å². The molecular weight excluding hydrogens is 410 g/mol. The van der Waals surface area contributed by atoms with E-state index in [1.54, 1.807) is 12.1 Å². The molecule has 0 spiro atoms. The number of primary amides is 1. The van der Waals surface area contributed by atoms with E-state index in [-0.39, 0.29) is 18.1 Å². The monoisotopic (exact) mass is 435 g/mol. The number of nitrogens with two attached hydrogens (primary N) is 1. The van der Waals surface area contributed by atoms with Gasteiger partial charge in [0.2, 0.25) is 0 Å². The van der Waals surface area contributed by atoms with Crippen LogP contribution >= 0.6 is 12.4 Å². The van der Waals surface area contributed by atoms with Gasteiger partial charge >= 0.3 is 0 Å². The number of carbonyl (C=O) groups is 1. The Morgan fingerprint density at radius 1 is 1.03 bits per heavy atom. The Hall–Kier alpha value is -3.38. The normalized spacial score (nSPS) is 10.7. The van der Waals surface area contributed by atoms with Crippen LogP contribution in [0.25, 0.3) is 16.9 Å². The summed E-state index contributed by atoms with van der Waals surface area (Å²) in [7, 11) is 0. The van der Waals surface area contributed by atoms with Crippen molar-refractivity contribution in [2.45, 2.75) is 34.2 Å². The third-order valence-corrected chi connectivity index (χ3v) is 5.59. The van der Waals surface area contributed by atoms with Gasteiger partial charge in [-0.25, -0.2) is 9.97 Å². The molecule has 0 aliphatic rings. The van der Waals surface area contributed by atoms with E-state index < -0.39 is 5.91 Å². The second-order valence-corrected chi connectivity index (χ2v) is 7.61. The predicted octanol–water partition coefficient (Wildman–Crippen LogP) is 4.76. The molecule has 0 aliphatic carbocycles. The fourth-order valence-electron chi connectivity index (χ4n) is 3.69. The van der Waals surface area contributed by atoms with E-state index in [4.69, 9.17) is 10.7 Å². The van der Waals surface area contributed by atoms with Crippen LogP contribution in [-0.4, -0.2) is 20.3 Å². The number of rotatable bonds is 5. The number of benzene rings is 1. The maximum Gasteiger partial charge on any atom is 0.267 e. The smallest absolute Gasteiger partial charge is 0.267 e. The molecule has 3 aromatic heterocycles. The molecule has 0 unspecified atom stereocenters. The van der Waals surface area contributed by atoms with Gasteiger partial charge in [0.05, 0.1) is 17.1 Å². The van der Waals surface area contributed by atoms with Crippen molar-refractivity contribution < 1.29 is 4.79 Å². The van der Waals surface area contributed by atoms with Gasteiger partial charge in [0.15, 0.2) is 5.65 Å². The lowest BCUT2D eigenvalue weighted by Crippen LogP contribution is -2.13. The molecule has 3 N–H and O–H groups in total. The number of fused-ring (bicyclic) bond motifs is 1. The Labute approximate surface area is 187 Å². The van der Waals surface area contributed by atoms with Crippen molar-refractivity contribution in [1.82, 2.24) is 14.4 Å². The molecule has 0 saturated heterocycles. The zero-order valence-electron chi connectivity index (χ0n) is 18.1. The number of nitrogens with zero attached hydrogens (tertiary/aromatic N) is 3. The number of aryl methyl sites for hydroxylation is 4. The molecule has 7 heteroatoms. The lowest BCUT2D eigenvalue weighted by Gasteiger charge is -2.14. The lowest BCUT2D eigenvalue weighted by atomic mass is 10.0. The van der Waals surface area contributed by atoms with Crippen molar-refractivity contribution in [3.8, 4) is 11.3 Å². The number of amides is 1. The molecule has 4 rings (SSSR count). The van der Waals surface area contributed by atoms with Gasteiger partial charge in [-0.3, -0.25) is 4.79 Å². The fraction of sp³-hybridized carbons (Fsp3) is 0.208. The largest absolute Gasteiger partial charge is 0.378 e. The number of imidazole rings is 1. The number of halogens is 1. The summed E-state index contributed by atoms with van der Waals surface area (Å²) in [5.41, 5.74) is 14.8. The Morgan fingerprint density at radius 2 is 1.71 bits per heavy atom. The molecule has 31 heavy (non-hydrogen) atoms. The van der Waals surface area contributed by atoms with Crippen LogP contribution in [0.15, 0.2) is 48.7 Å². The minimum Gasteiger partial charge on any atom is -0.378 e. The van der Waals surface area contributed by atoms with Gasteiger partial charge in [0.25, 0.3) is 5.91 Å². The molecule has 0 atom stereocenters. The molecule has 1 aromatic carbocycles. The van der Waals surface area contributed by atoms with Crippen molar-refractivity contribution in [3.63, 3.8) is 0 Å². The molecule has 0 radical (unpaired) electrons. The summed E-state index contributed by atoms with van der Waals surface area (Å²) in [4.78, 5) is 20.8. The second kappa shape index (κ2) is 8.78. The summed E-state index contributed by atoms with van der Waals surface area (Å²) < 4.78 is 2.07. The number of pyridine rings is 2. The number of aromatic nitrogens is 3. The van der Waals surface area contributed by atoms with E-state index in [1.807, 2.05) is 32.2 Å². The van der Waals surface area contributed by atoms with Crippen LogP contribution in [0.3, 0.4) is 0 Å². The molecule has 0 bridgehead atoms. The molecular formula is C24H26ClN5O. The molecule has 0 aliphatic heterocycles. The number of nitrogens with one attached hydrogen (secondary N) is 1. The maximum atomic E-state index is 11.6. The quantitative estimate of drug-likeness (QED) is 0.473. The highest BCUT2D eigenvalue weighted by Gasteiger charge is 2.14. The van der Waals surface area contributed by atoms with Crippen molar-refractivity contribution in [1.29, 1.82) is 0 Å². The standard InChI is InChI=1S/C24H25N5O.ClH/c1-14-7-5-8-15(2)19(14)12-26-22-11-18(13-29-17(4)16(3)27-24(22)29)20-9-6-10-21(28-20)23(25)30;/h5-11,13,26H,12H2,1-4H3,(H2,25,30);1H. The van der Waals surface area contributed by atoms with Crippen LogP contribution in [-0.2, 0) is 6.54 Å². The first-order valence-corrected chi connectivity index (χ1v) is 9.90. The van der Waals surface area contributed by atoms with E-state index >= 15 is 0 Å². The van der Waals surface area contributed by atoms with E-state index in [2.05, 4.69) is 46.7 Å². The summed E-state index contributed by atoms with van der Waals surface area (Å²) >= 11 is 0. The van der Waals surface area contributed by atoms with Crippen LogP contribution in [0.2, 0.25) is 0 Å². The molecule has 0 saturated carbocycles. The van der Waals surface area contributed by atoms with Gasteiger partial charge in [-0.15, -0.1) is 12.4 Å². The molecule has 4 aromatic rings. The van der Waals surface area contributed by atoms with Crippen molar-refractivity contribution in [2.75, 3.05) is 5.32 Å². The zero-order chi connectivity index (χ0) is 21.4. The van der Waals surface area contributed by atoms with E-state index in [9.17, 15) is 4.79 Å². The first kappa shape index (κ1) is 22.3. The summed E-state index contributed by atoms with van der Waals surface area (Å²) in [6.07, 6.45) is 2.00. The molecule has 0 fully saturated rings. The first-order chi connectivity index (χ1) is 14.3. The van der Waals surface area contributed by atoms with Crippen molar-refractivity contribution >= 4 is 29.6 Å². The van der Waals surface area contributed by atoms with E-state index in [0.717, 1.165) is 28.3 Å². The minimum absolute atomic E-state index is 0. The topological polar surface area (TPSA) is 85.3 Å². The third kappa shape index (κ3) is 4.25. The SMILES string of the molecule is Cc1cccc(C)c1CNc1cc(-c2cccc(C(N)=O)n2)cn2c(C)c(C)nc12.Cl. The highest BCUT2D eigenvalue weighted by molar-refractivity contribution is 5.91. The maximum absolute atomic E-state index is 11.6. The van der Waals surface area contributed by atoms with Gasteiger partial charge in [0, 0.05) is 24.0 Å². The van der Waals surface area contributed by atoms with Crippen molar-refractivity contribution in [2.24, 2.45) is 5.73 Å². The first-order valence-electron chi connectivity index (χ1n) is 9.90. The van der Waals surface area contributed by atoms with Crippen LogP contribution < -0.4 is 11.1 Å². The van der Waals surface area contributed by atoms with Gasteiger partial charge in [-0.2, -0.15) is 0 Å². The predicted molar refractivity (Wildman–Crippen MR) is 127 cm³/mol. The molecule has 6 nitrogen and oxygen atoms in total. The Balaban J connectivity index is 0.00000272. The van der Waals surface area contributed by atoms with Crippen molar-refractivity contribution in [3.05, 3.63) is 82.4 Å². The number of hydrogen-bond donors (Lipinski definition) is 2. The Kier molecular flexibility index (Phi) is 6.32. The van der Waals surface area contributed by atoms with E-state index in [1.165, 1.54) is 16.7 Å². The second-order valence-electron chi connectivity index (χ2n) is 7.61. The molecule has 160 valence electrons. The summed E-state index contributed by atoms with van der Waals surface area (Å²) in [6.45, 7) is 8.99. The van der Waals surface area contributed by atoms with Gasteiger partial charge in [0.1, 0.15) is 5.69 Å². The Morgan fingerprint density at radius 3 is 2.39 bits per heavy atom. The van der Waals surface area contributed by atoms with Crippen LogP contribution in [0.5, 0.6) is 0 Å². The zero-order valence-corrected chi connectivity index (χ0v) is 18.9. The number of anilines is 1. The highest BCUT2D eigenvalue weighted by Crippen LogP contribution is 2.28. The van der Waals surface area contributed by atoms with Gasteiger partial charge < -0.3 is 15.5 Å². The molecule has 3 heterocycles. The minimum atomic E-state index is -0.541. The summed E-state index contributed by atoms with van der Waals surface area (Å²) in [5, 5.41) is 3.57. The van der Waals surface area contributed by atoms with Crippen LogP contribution in [0.1, 0.15) is 38.6 Å². The van der Waals surface area contributed by atoms with Crippen LogP contribution in [0, 0.1) is 27.7 Å². The molecule has 1 amide bonds.